The highest BCUT2D eigenvalue weighted by Crippen LogP contribution is 2.31. The van der Waals surface area contributed by atoms with Gasteiger partial charge in [-0.25, -0.2) is 8.42 Å². The molecule has 9 heteroatoms. The minimum absolute atomic E-state index is 0.0719. The first-order valence-corrected chi connectivity index (χ1v) is 13.5. The summed E-state index contributed by atoms with van der Waals surface area (Å²) in [6.45, 7) is 5.76. The summed E-state index contributed by atoms with van der Waals surface area (Å²) in [6, 6.07) is 14.4. The molecule has 0 aliphatic carbocycles. The molecule has 1 atom stereocenters. The zero-order valence-electron chi connectivity index (χ0n) is 20.5. The fourth-order valence-corrected chi connectivity index (χ4v) is 6.19. The van der Waals surface area contributed by atoms with Crippen LogP contribution in [0.5, 0.6) is 5.75 Å². The van der Waals surface area contributed by atoms with Gasteiger partial charge in [0.1, 0.15) is 22.0 Å². The second kappa shape index (κ2) is 10.8. The van der Waals surface area contributed by atoms with Crippen molar-refractivity contribution in [3.63, 3.8) is 0 Å². The number of anilines is 1. The van der Waals surface area contributed by atoms with Crippen LogP contribution in [0, 0.1) is 0 Å². The predicted molar refractivity (Wildman–Crippen MR) is 136 cm³/mol. The van der Waals surface area contributed by atoms with Crippen LogP contribution in [-0.4, -0.2) is 56.8 Å². The van der Waals surface area contributed by atoms with E-state index in [0.29, 0.717) is 25.3 Å². The van der Waals surface area contributed by atoms with Crippen molar-refractivity contribution in [2.45, 2.75) is 44.0 Å². The Bertz CT molecular complexity index is 1250. The highest BCUT2D eigenvalue weighted by molar-refractivity contribution is 7.89. The lowest BCUT2D eigenvalue weighted by atomic mass is 10.2. The maximum absolute atomic E-state index is 13.3. The summed E-state index contributed by atoms with van der Waals surface area (Å²) in [5.74, 6) is 0.823. The van der Waals surface area contributed by atoms with Crippen LogP contribution in [0.3, 0.4) is 0 Å². The summed E-state index contributed by atoms with van der Waals surface area (Å²) in [5, 5.41) is 3.88. The van der Waals surface area contributed by atoms with Crippen LogP contribution in [0.1, 0.15) is 44.9 Å². The third kappa shape index (κ3) is 5.52. The number of carbonyl (C=O) groups excluding carboxylic acids is 1. The number of carbonyl (C=O) groups is 1. The molecule has 1 aliphatic heterocycles. The highest BCUT2D eigenvalue weighted by Gasteiger charge is 2.29. The smallest absolute Gasteiger partial charge is 0.246 e. The van der Waals surface area contributed by atoms with E-state index in [1.807, 2.05) is 49.1 Å². The van der Waals surface area contributed by atoms with E-state index in [2.05, 4.69) is 5.32 Å². The minimum atomic E-state index is -3.72. The number of sulfonamides is 1. The molecule has 2 heterocycles. The largest absolute Gasteiger partial charge is 0.495 e. The van der Waals surface area contributed by atoms with Crippen molar-refractivity contribution in [2.24, 2.45) is 0 Å². The first kappa shape index (κ1) is 25.2. The van der Waals surface area contributed by atoms with Crippen molar-refractivity contribution in [1.29, 1.82) is 0 Å². The van der Waals surface area contributed by atoms with E-state index < -0.39 is 10.0 Å². The van der Waals surface area contributed by atoms with Crippen LogP contribution in [0.15, 0.2) is 57.8 Å². The fourth-order valence-electron chi connectivity index (χ4n) is 4.50. The van der Waals surface area contributed by atoms with E-state index in [1.165, 1.54) is 17.5 Å². The van der Waals surface area contributed by atoms with Crippen molar-refractivity contribution in [3.05, 3.63) is 54.3 Å². The van der Waals surface area contributed by atoms with E-state index >= 15 is 0 Å². The molecule has 1 aliphatic rings. The molecule has 1 saturated heterocycles. The van der Waals surface area contributed by atoms with Crippen molar-refractivity contribution in [2.75, 3.05) is 38.6 Å². The number of fused-ring (bicyclic) bond motifs is 1. The molecule has 0 radical (unpaired) electrons. The number of piperidine rings is 1. The lowest BCUT2D eigenvalue weighted by Crippen LogP contribution is -2.36. The second-order valence-electron chi connectivity index (χ2n) is 8.80. The summed E-state index contributed by atoms with van der Waals surface area (Å²) in [5.41, 5.74) is 1.23. The maximum atomic E-state index is 13.3. The quantitative estimate of drug-likeness (QED) is 0.461. The highest BCUT2D eigenvalue weighted by atomic mass is 32.2. The Labute approximate surface area is 206 Å². The number of hydrogen-bond donors (Lipinski definition) is 1. The molecule has 8 nitrogen and oxygen atoms in total. The number of nitrogens with zero attached hydrogens (tertiary/aromatic N) is 2. The van der Waals surface area contributed by atoms with Crippen LogP contribution < -0.4 is 10.1 Å². The Kier molecular flexibility index (Phi) is 7.78. The first-order chi connectivity index (χ1) is 16.8. The van der Waals surface area contributed by atoms with E-state index in [1.54, 1.807) is 12.1 Å². The molecule has 0 saturated carbocycles. The standard InChI is InChI=1S/C26H33N3O5S/c1-4-28(19(2)24-16-20-10-6-7-11-22(20)34-24)18-26(30)27-21-12-13-23(33-3)25(17-21)35(31,32)29-14-8-5-9-15-29/h6-7,10-13,16-17,19H,4-5,8-9,14-15,18H2,1-3H3,(H,27,30). The molecule has 4 rings (SSSR count). The van der Waals surface area contributed by atoms with E-state index in [9.17, 15) is 13.2 Å². The van der Waals surface area contributed by atoms with Crippen LogP contribution in [0.4, 0.5) is 5.69 Å². The lowest BCUT2D eigenvalue weighted by molar-refractivity contribution is -0.117. The van der Waals surface area contributed by atoms with Crippen molar-refractivity contribution in [3.8, 4) is 5.75 Å². The van der Waals surface area contributed by atoms with Gasteiger partial charge in [-0.3, -0.25) is 9.69 Å². The molecule has 0 bridgehead atoms. The topological polar surface area (TPSA) is 92.1 Å². The van der Waals surface area contributed by atoms with Gasteiger partial charge in [-0.1, -0.05) is 31.5 Å². The zero-order chi connectivity index (χ0) is 25.0. The van der Waals surface area contributed by atoms with E-state index in [4.69, 9.17) is 9.15 Å². The summed E-state index contributed by atoms with van der Waals surface area (Å²) < 4.78 is 39.3. The number of hydrogen-bond acceptors (Lipinski definition) is 6. The van der Waals surface area contributed by atoms with Crippen molar-refractivity contribution >= 4 is 32.6 Å². The van der Waals surface area contributed by atoms with Crippen LogP contribution in [-0.2, 0) is 14.8 Å². The monoisotopic (exact) mass is 499 g/mol. The molecule has 35 heavy (non-hydrogen) atoms. The zero-order valence-corrected chi connectivity index (χ0v) is 21.3. The lowest BCUT2D eigenvalue weighted by Gasteiger charge is -2.27. The van der Waals surface area contributed by atoms with Crippen LogP contribution in [0.2, 0.25) is 0 Å². The Balaban J connectivity index is 1.49. The molecule has 3 aromatic rings. The van der Waals surface area contributed by atoms with Gasteiger partial charge >= 0.3 is 0 Å². The number of methoxy groups -OCH3 is 1. The van der Waals surface area contributed by atoms with Gasteiger partial charge in [-0.2, -0.15) is 4.31 Å². The molecule has 188 valence electrons. The number of rotatable bonds is 9. The number of benzene rings is 2. The Morgan fingerprint density at radius 3 is 2.57 bits per heavy atom. The maximum Gasteiger partial charge on any atom is 0.246 e. The van der Waals surface area contributed by atoms with Crippen molar-refractivity contribution in [1.82, 2.24) is 9.21 Å². The van der Waals surface area contributed by atoms with Gasteiger partial charge < -0.3 is 14.5 Å². The average molecular weight is 500 g/mol. The van der Waals surface area contributed by atoms with Gasteiger partial charge in [0.25, 0.3) is 0 Å². The third-order valence-electron chi connectivity index (χ3n) is 6.54. The number of amides is 1. The van der Waals surface area contributed by atoms with E-state index in [-0.39, 0.29) is 29.1 Å². The molecule has 2 aromatic carbocycles. The number of para-hydroxylation sites is 1. The normalized spacial score (nSPS) is 15.9. The number of nitrogens with one attached hydrogen (secondary N) is 1. The molecule has 1 aromatic heterocycles. The Morgan fingerprint density at radius 1 is 1.14 bits per heavy atom. The molecule has 1 amide bonds. The summed E-state index contributed by atoms with van der Waals surface area (Å²) in [7, 11) is -2.27. The van der Waals surface area contributed by atoms with Gasteiger partial charge in [0.15, 0.2) is 0 Å². The van der Waals surface area contributed by atoms with E-state index in [0.717, 1.165) is 36.0 Å². The molecular formula is C26H33N3O5S. The Hall–Kier alpha value is -2.88. The van der Waals surface area contributed by atoms with Crippen LogP contribution in [0.25, 0.3) is 11.0 Å². The van der Waals surface area contributed by atoms with Gasteiger partial charge in [0.05, 0.1) is 19.7 Å². The summed E-state index contributed by atoms with van der Waals surface area (Å²) >= 11 is 0. The van der Waals surface area contributed by atoms with Crippen LogP contribution >= 0.6 is 0 Å². The third-order valence-corrected chi connectivity index (χ3v) is 8.46. The SMILES string of the molecule is CCN(CC(=O)Nc1ccc(OC)c(S(=O)(=O)N2CCCCC2)c1)C(C)c1cc2ccccc2o1. The minimum Gasteiger partial charge on any atom is -0.495 e. The van der Waals surface area contributed by atoms with Gasteiger partial charge in [0, 0.05) is 24.2 Å². The molecule has 1 fully saturated rings. The molecule has 1 N–H and O–H groups in total. The van der Waals surface area contributed by atoms with Gasteiger partial charge in [-0.05, 0) is 56.6 Å². The first-order valence-electron chi connectivity index (χ1n) is 12.0. The predicted octanol–water partition coefficient (Wildman–Crippen LogP) is 4.64. The average Bonchev–Trinajstić information content (AvgIpc) is 3.32. The number of ether oxygens (including phenoxy) is 1. The number of furan rings is 1. The molecule has 1 unspecified atom stereocenters. The molecule has 0 spiro atoms. The molecular weight excluding hydrogens is 466 g/mol. The fraction of sp³-hybridized carbons (Fsp3) is 0.423. The summed E-state index contributed by atoms with van der Waals surface area (Å²) in [4.78, 5) is 15.0. The van der Waals surface area contributed by atoms with Gasteiger partial charge in [-0.15, -0.1) is 0 Å². The number of likely N-dealkylation sites (N-methyl/N-ethyl adjacent to an activating group) is 1. The second-order valence-corrected chi connectivity index (χ2v) is 10.7. The summed E-state index contributed by atoms with van der Waals surface area (Å²) in [6.07, 6.45) is 2.71. The van der Waals surface area contributed by atoms with Crippen molar-refractivity contribution < 1.29 is 22.4 Å². The van der Waals surface area contributed by atoms with Gasteiger partial charge in [0.2, 0.25) is 15.9 Å². The Morgan fingerprint density at radius 2 is 1.89 bits per heavy atom.